The van der Waals surface area contributed by atoms with Crippen LogP contribution in [-0.2, 0) is 10.0 Å². The third-order valence-electron chi connectivity index (χ3n) is 3.58. The molecule has 0 aliphatic carbocycles. The van der Waals surface area contributed by atoms with Gasteiger partial charge < -0.3 is 5.32 Å². The lowest BCUT2D eigenvalue weighted by Gasteiger charge is -2.17. The molecular weight excluding hydrogens is 345 g/mol. The summed E-state index contributed by atoms with van der Waals surface area (Å²) >= 11 is 0. The van der Waals surface area contributed by atoms with Crippen LogP contribution in [0.1, 0.15) is 35.3 Å². The molecule has 8 heteroatoms. The summed E-state index contributed by atoms with van der Waals surface area (Å²) in [5.41, 5.74) is 0.913. The monoisotopic (exact) mass is 365 g/mol. The van der Waals surface area contributed by atoms with Crippen LogP contribution < -0.4 is 10.0 Å². The van der Waals surface area contributed by atoms with Gasteiger partial charge in [0.2, 0.25) is 10.0 Å². The number of sulfonamides is 1. The van der Waals surface area contributed by atoms with Gasteiger partial charge in [0, 0.05) is 30.5 Å². The Morgan fingerprint density at radius 2 is 2.08 bits per heavy atom. The van der Waals surface area contributed by atoms with Crippen LogP contribution in [-0.4, -0.2) is 32.5 Å². The van der Waals surface area contributed by atoms with Gasteiger partial charge in [0.05, 0.1) is 4.90 Å². The lowest BCUT2D eigenvalue weighted by atomic mass is 10.1. The highest BCUT2D eigenvalue weighted by Crippen LogP contribution is 2.20. The van der Waals surface area contributed by atoms with Crippen LogP contribution >= 0.6 is 0 Å². The van der Waals surface area contributed by atoms with Gasteiger partial charge in [0.25, 0.3) is 5.91 Å². The quantitative estimate of drug-likeness (QED) is 0.751. The summed E-state index contributed by atoms with van der Waals surface area (Å²) in [6.07, 6.45) is 3.77. The summed E-state index contributed by atoms with van der Waals surface area (Å²) in [6, 6.07) is 8.74. The third-order valence-corrected chi connectivity index (χ3v) is 5.05. The predicted molar refractivity (Wildman–Crippen MR) is 92.3 cm³/mol. The Labute approximate surface area is 146 Å². The van der Waals surface area contributed by atoms with Gasteiger partial charge in [-0.1, -0.05) is 19.1 Å². The number of aromatic nitrogens is 1. The Morgan fingerprint density at radius 1 is 1.28 bits per heavy atom. The number of carbonyl (C=O) groups is 1. The molecule has 0 spiro atoms. The van der Waals surface area contributed by atoms with E-state index >= 15 is 0 Å². The van der Waals surface area contributed by atoms with Crippen LogP contribution in [0.5, 0.6) is 0 Å². The average molecular weight is 365 g/mol. The molecule has 0 saturated carbocycles. The van der Waals surface area contributed by atoms with Crippen molar-refractivity contribution in [3.8, 4) is 0 Å². The van der Waals surface area contributed by atoms with E-state index in [9.17, 15) is 17.6 Å². The van der Waals surface area contributed by atoms with Crippen molar-refractivity contribution in [1.29, 1.82) is 0 Å². The van der Waals surface area contributed by atoms with E-state index in [1.165, 1.54) is 24.3 Å². The maximum Gasteiger partial charge on any atom is 0.251 e. The van der Waals surface area contributed by atoms with Crippen molar-refractivity contribution >= 4 is 15.9 Å². The molecule has 1 heterocycles. The topological polar surface area (TPSA) is 88.2 Å². The number of carbonyl (C=O) groups excluding carboxylic acids is 1. The molecule has 2 aromatic rings. The molecule has 1 aromatic carbocycles. The highest BCUT2D eigenvalue weighted by molar-refractivity contribution is 7.89. The molecular formula is C17H20FN3O3S. The van der Waals surface area contributed by atoms with Gasteiger partial charge >= 0.3 is 0 Å². The lowest BCUT2D eigenvalue weighted by molar-refractivity contribution is 0.0950. The zero-order valence-corrected chi connectivity index (χ0v) is 14.6. The number of nitrogens with one attached hydrogen (secondary N) is 2. The Kier molecular flexibility index (Phi) is 6.60. The van der Waals surface area contributed by atoms with E-state index in [2.05, 4.69) is 15.0 Å². The number of hydrogen-bond acceptors (Lipinski definition) is 4. The van der Waals surface area contributed by atoms with E-state index in [0.29, 0.717) is 6.42 Å². The van der Waals surface area contributed by atoms with Crippen LogP contribution in [0.25, 0.3) is 0 Å². The second-order valence-electron chi connectivity index (χ2n) is 5.34. The zero-order valence-electron chi connectivity index (χ0n) is 13.8. The largest absolute Gasteiger partial charge is 0.349 e. The molecule has 1 aromatic heterocycles. The van der Waals surface area contributed by atoms with E-state index in [0.717, 1.165) is 5.56 Å². The molecule has 0 aliphatic rings. The Bertz CT molecular complexity index is 813. The summed E-state index contributed by atoms with van der Waals surface area (Å²) in [5, 5.41) is 2.37. The first kappa shape index (κ1) is 19.0. The molecule has 0 bridgehead atoms. The first-order chi connectivity index (χ1) is 12.0. The number of benzene rings is 1. The van der Waals surface area contributed by atoms with Crippen LogP contribution in [0.15, 0.2) is 53.7 Å². The van der Waals surface area contributed by atoms with Crippen molar-refractivity contribution in [3.05, 3.63) is 59.9 Å². The van der Waals surface area contributed by atoms with Crippen molar-refractivity contribution in [2.45, 2.75) is 24.3 Å². The van der Waals surface area contributed by atoms with E-state index in [-0.39, 0.29) is 17.0 Å². The first-order valence-electron chi connectivity index (χ1n) is 7.84. The van der Waals surface area contributed by atoms with Gasteiger partial charge in [0.15, 0.2) is 0 Å². The van der Waals surface area contributed by atoms with E-state index in [1.807, 2.05) is 6.92 Å². The van der Waals surface area contributed by atoms with Gasteiger partial charge in [-0.3, -0.25) is 9.78 Å². The third kappa shape index (κ3) is 5.07. The second-order valence-corrected chi connectivity index (χ2v) is 7.06. The minimum Gasteiger partial charge on any atom is -0.349 e. The maximum absolute atomic E-state index is 12.6. The van der Waals surface area contributed by atoms with Crippen LogP contribution in [0.3, 0.4) is 0 Å². The number of halogens is 1. The Morgan fingerprint density at radius 3 is 2.72 bits per heavy atom. The summed E-state index contributed by atoms with van der Waals surface area (Å²) in [5.74, 6) is -0.519. The summed E-state index contributed by atoms with van der Waals surface area (Å²) in [7, 11) is -3.83. The number of hydrogen-bond donors (Lipinski definition) is 2. The van der Waals surface area contributed by atoms with Crippen LogP contribution in [0, 0.1) is 0 Å². The fraction of sp³-hybridized carbons (Fsp3) is 0.294. The van der Waals surface area contributed by atoms with Crippen molar-refractivity contribution < 1.29 is 17.6 Å². The fourth-order valence-electron chi connectivity index (χ4n) is 2.29. The first-order valence-corrected chi connectivity index (χ1v) is 9.32. The van der Waals surface area contributed by atoms with Gasteiger partial charge in [-0.05, 0) is 36.2 Å². The maximum atomic E-state index is 12.6. The highest BCUT2D eigenvalue weighted by atomic mass is 32.2. The Hall–Kier alpha value is -2.32. The molecule has 0 fully saturated rings. The Balaban J connectivity index is 2.23. The van der Waals surface area contributed by atoms with E-state index in [1.54, 1.807) is 24.5 Å². The predicted octanol–water partition coefficient (Wildman–Crippen LogP) is 2.21. The molecule has 1 amide bonds. The van der Waals surface area contributed by atoms with Gasteiger partial charge in [-0.15, -0.1) is 0 Å². The van der Waals surface area contributed by atoms with E-state index in [4.69, 9.17) is 0 Å². The van der Waals surface area contributed by atoms with Crippen LogP contribution in [0.2, 0.25) is 0 Å². The van der Waals surface area contributed by atoms with Gasteiger partial charge in [-0.25, -0.2) is 17.5 Å². The molecule has 6 nitrogen and oxygen atoms in total. The fourth-order valence-corrected chi connectivity index (χ4v) is 3.65. The molecule has 2 rings (SSSR count). The highest BCUT2D eigenvalue weighted by Gasteiger charge is 2.21. The van der Waals surface area contributed by atoms with E-state index < -0.39 is 28.6 Å². The molecule has 2 N–H and O–H groups in total. The minimum atomic E-state index is -3.83. The summed E-state index contributed by atoms with van der Waals surface area (Å²) < 4.78 is 40.1. The lowest BCUT2D eigenvalue weighted by Crippen LogP contribution is -2.29. The summed E-state index contributed by atoms with van der Waals surface area (Å²) in [6.45, 7) is 1.06. The molecule has 134 valence electrons. The molecule has 0 saturated heterocycles. The van der Waals surface area contributed by atoms with Crippen LogP contribution in [0.4, 0.5) is 4.39 Å². The minimum absolute atomic E-state index is 0.0252. The number of alkyl halides is 1. The molecule has 0 radical (unpaired) electrons. The van der Waals surface area contributed by atoms with Gasteiger partial charge in [-0.2, -0.15) is 0 Å². The number of pyridine rings is 1. The van der Waals surface area contributed by atoms with Crippen molar-refractivity contribution in [2.75, 3.05) is 13.2 Å². The van der Waals surface area contributed by atoms with Crippen molar-refractivity contribution in [3.63, 3.8) is 0 Å². The van der Waals surface area contributed by atoms with Crippen molar-refractivity contribution in [2.24, 2.45) is 0 Å². The average Bonchev–Trinajstić information content (AvgIpc) is 2.65. The zero-order chi connectivity index (χ0) is 18.3. The SMILES string of the molecule is CCC(NS(=O)(=O)c1cccc(C(=O)NCCF)c1)c1cccnc1. The summed E-state index contributed by atoms with van der Waals surface area (Å²) in [4.78, 5) is 15.9. The number of amides is 1. The smallest absolute Gasteiger partial charge is 0.251 e. The second kappa shape index (κ2) is 8.68. The molecule has 1 atom stereocenters. The molecule has 1 unspecified atom stereocenters. The molecule has 0 aliphatic heterocycles. The number of rotatable bonds is 8. The standard InChI is InChI=1S/C17H20FN3O3S/c1-2-16(14-6-4-9-19-12-14)21-25(23,24)15-7-3-5-13(11-15)17(22)20-10-8-18/h3-7,9,11-12,16,21H,2,8,10H2,1H3,(H,20,22). The van der Waals surface area contributed by atoms with Gasteiger partial charge in [0.1, 0.15) is 6.67 Å². The normalized spacial score (nSPS) is 12.6. The van der Waals surface area contributed by atoms with Crippen molar-refractivity contribution in [1.82, 2.24) is 15.0 Å². The molecule has 25 heavy (non-hydrogen) atoms. The number of nitrogens with zero attached hydrogens (tertiary/aromatic N) is 1.